The Morgan fingerprint density at radius 2 is 2.17 bits per heavy atom. The number of nitrogens with one attached hydrogen (secondary N) is 1. The standard InChI is InChI=1S/C17H22N4O2S/c1-12(2)16-19-20-17(24-16)18-15(22)14-11-21(8-9-23-14)10-13-6-4-3-5-7-13/h3-7,12,14H,8-11H2,1-2H3,(H,18,20,22)/t14-/m0/s1. The molecule has 1 aromatic heterocycles. The fourth-order valence-electron chi connectivity index (χ4n) is 2.55. The smallest absolute Gasteiger partial charge is 0.256 e. The van der Waals surface area contributed by atoms with E-state index in [4.69, 9.17) is 4.74 Å². The van der Waals surface area contributed by atoms with Crippen molar-refractivity contribution in [2.24, 2.45) is 0 Å². The van der Waals surface area contributed by atoms with Crippen LogP contribution in [0.3, 0.4) is 0 Å². The van der Waals surface area contributed by atoms with Crippen LogP contribution in [-0.2, 0) is 16.1 Å². The second kappa shape index (κ2) is 7.83. The Kier molecular flexibility index (Phi) is 5.55. The number of nitrogens with zero attached hydrogens (tertiary/aromatic N) is 3. The molecule has 1 aliphatic heterocycles. The zero-order chi connectivity index (χ0) is 16.9. The van der Waals surface area contributed by atoms with Crippen molar-refractivity contribution in [2.45, 2.75) is 32.4 Å². The van der Waals surface area contributed by atoms with E-state index in [1.807, 2.05) is 18.2 Å². The SMILES string of the molecule is CC(C)c1nnc(NC(=O)[C@@H]2CN(Cc3ccccc3)CCO2)s1. The Bertz CT molecular complexity index is 674. The summed E-state index contributed by atoms with van der Waals surface area (Å²) in [4.78, 5) is 14.7. The number of rotatable bonds is 5. The maximum absolute atomic E-state index is 12.4. The molecule has 1 atom stereocenters. The highest BCUT2D eigenvalue weighted by Crippen LogP contribution is 2.23. The fourth-order valence-corrected chi connectivity index (χ4v) is 3.30. The molecule has 128 valence electrons. The number of carbonyl (C=O) groups excluding carboxylic acids is 1. The average molecular weight is 346 g/mol. The van der Waals surface area contributed by atoms with Crippen LogP contribution in [0.25, 0.3) is 0 Å². The minimum atomic E-state index is -0.478. The van der Waals surface area contributed by atoms with E-state index in [1.165, 1.54) is 16.9 Å². The molecule has 0 spiro atoms. The van der Waals surface area contributed by atoms with Crippen molar-refractivity contribution in [2.75, 3.05) is 25.0 Å². The molecule has 0 aliphatic carbocycles. The summed E-state index contributed by atoms with van der Waals surface area (Å²) in [6.07, 6.45) is -0.478. The van der Waals surface area contributed by atoms with Crippen molar-refractivity contribution < 1.29 is 9.53 Å². The van der Waals surface area contributed by atoms with Gasteiger partial charge >= 0.3 is 0 Å². The lowest BCUT2D eigenvalue weighted by atomic mass is 10.2. The van der Waals surface area contributed by atoms with Crippen LogP contribution in [0, 0.1) is 0 Å². The second-order valence-electron chi connectivity index (χ2n) is 6.17. The third-order valence-corrected chi connectivity index (χ3v) is 5.00. The lowest BCUT2D eigenvalue weighted by Crippen LogP contribution is -2.47. The minimum absolute atomic E-state index is 0.154. The van der Waals surface area contributed by atoms with Crippen LogP contribution in [-0.4, -0.2) is 46.8 Å². The summed E-state index contributed by atoms with van der Waals surface area (Å²) in [7, 11) is 0. The normalized spacial score (nSPS) is 18.7. The summed E-state index contributed by atoms with van der Waals surface area (Å²) in [5.41, 5.74) is 1.24. The van der Waals surface area contributed by atoms with E-state index in [0.717, 1.165) is 18.1 Å². The number of carbonyl (C=O) groups is 1. The number of ether oxygens (including phenoxy) is 1. The number of amides is 1. The Morgan fingerprint density at radius 1 is 1.38 bits per heavy atom. The molecule has 0 saturated carbocycles. The number of hydrogen-bond acceptors (Lipinski definition) is 6. The molecule has 1 N–H and O–H groups in total. The molecular weight excluding hydrogens is 324 g/mol. The van der Waals surface area contributed by atoms with Crippen molar-refractivity contribution in [3.05, 3.63) is 40.9 Å². The molecule has 0 unspecified atom stereocenters. The zero-order valence-electron chi connectivity index (χ0n) is 13.9. The van der Waals surface area contributed by atoms with Gasteiger partial charge < -0.3 is 4.74 Å². The van der Waals surface area contributed by atoms with Crippen LogP contribution in [0.1, 0.15) is 30.3 Å². The molecule has 7 heteroatoms. The first-order valence-corrected chi connectivity index (χ1v) is 8.95. The molecule has 1 aliphatic rings. The van der Waals surface area contributed by atoms with E-state index in [-0.39, 0.29) is 5.91 Å². The summed E-state index contributed by atoms with van der Waals surface area (Å²) in [5.74, 6) is 0.152. The molecule has 0 bridgehead atoms. The second-order valence-corrected chi connectivity index (χ2v) is 7.18. The Hall–Kier alpha value is -1.83. The maximum Gasteiger partial charge on any atom is 0.256 e. The topological polar surface area (TPSA) is 67.4 Å². The molecule has 2 heterocycles. The van der Waals surface area contributed by atoms with Gasteiger partial charge in [0.25, 0.3) is 5.91 Å². The predicted octanol–water partition coefficient (Wildman–Crippen LogP) is 2.50. The zero-order valence-corrected chi connectivity index (χ0v) is 14.8. The minimum Gasteiger partial charge on any atom is -0.366 e. The number of aromatic nitrogens is 2. The van der Waals surface area contributed by atoms with Gasteiger partial charge in [-0.15, -0.1) is 10.2 Å². The average Bonchev–Trinajstić information content (AvgIpc) is 3.05. The van der Waals surface area contributed by atoms with Crippen LogP contribution in [0.2, 0.25) is 0 Å². The van der Waals surface area contributed by atoms with Gasteiger partial charge in [-0.2, -0.15) is 0 Å². The predicted molar refractivity (Wildman–Crippen MR) is 94.1 cm³/mol. The van der Waals surface area contributed by atoms with Crippen molar-refractivity contribution in [3.8, 4) is 0 Å². The van der Waals surface area contributed by atoms with E-state index in [1.54, 1.807) is 0 Å². The summed E-state index contributed by atoms with van der Waals surface area (Å²) >= 11 is 1.41. The molecule has 6 nitrogen and oxygen atoms in total. The number of morpholine rings is 1. The molecule has 3 rings (SSSR count). The van der Waals surface area contributed by atoms with Crippen LogP contribution in [0.4, 0.5) is 5.13 Å². The first-order chi connectivity index (χ1) is 11.6. The fraction of sp³-hybridized carbons (Fsp3) is 0.471. The Balaban J connectivity index is 1.56. The van der Waals surface area contributed by atoms with Gasteiger partial charge in [0.05, 0.1) is 6.61 Å². The van der Waals surface area contributed by atoms with Gasteiger partial charge in [-0.1, -0.05) is 55.5 Å². The van der Waals surface area contributed by atoms with E-state index < -0.39 is 6.10 Å². The third-order valence-electron chi connectivity index (χ3n) is 3.86. The largest absolute Gasteiger partial charge is 0.366 e. The molecule has 1 amide bonds. The van der Waals surface area contributed by atoms with Gasteiger partial charge in [0.1, 0.15) is 11.1 Å². The monoisotopic (exact) mass is 346 g/mol. The molecular formula is C17H22N4O2S. The highest BCUT2D eigenvalue weighted by Gasteiger charge is 2.27. The van der Waals surface area contributed by atoms with E-state index in [0.29, 0.717) is 24.2 Å². The van der Waals surface area contributed by atoms with Crippen LogP contribution in [0.15, 0.2) is 30.3 Å². The van der Waals surface area contributed by atoms with Gasteiger partial charge in [0, 0.05) is 25.6 Å². The molecule has 1 saturated heterocycles. The van der Waals surface area contributed by atoms with Gasteiger partial charge in [-0.05, 0) is 5.56 Å². The van der Waals surface area contributed by atoms with E-state index in [2.05, 4.69) is 46.4 Å². The lowest BCUT2D eigenvalue weighted by Gasteiger charge is -2.31. The van der Waals surface area contributed by atoms with E-state index in [9.17, 15) is 4.79 Å². The summed E-state index contributed by atoms with van der Waals surface area (Å²) in [6.45, 7) is 6.89. The van der Waals surface area contributed by atoms with Gasteiger partial charge in [0.15, 0.2) is 0 Å². The maximum atomic E-state index is 12.4. The van der Waals surface area contributed by atoms with Gasteiger partial charge in [-0.25, -0.2) is 0 Å². The van der Waals surface area contributed by atoms with Crippen LogP contribution in [0.5, 0.6) is 0 Å². The van der Waals surface area contributed by atoms with Crippen molar-refractivity contribution >= 4 is 22.4 Å². The number of anilines is 1. The third kappa shape index (κ3) is 4.37. The number of benzene rings is 1. The molecule has 0 radical (unpaired) electrons. The Morgan fingerprint density at radius 3 is 2.88 bits per heavy atom. The van der Waals surface area contributed by atoms with E-state index >= 15 is 0 Å². The summed E-state index contributed by atoms with van der Waals surface area (Å²) in [5, 5.41) is 12.4. The summed E-state index contributed by atoms with van der Waals surface area (Å²) in [6, 6.07) is 10.3. The Labute approximate surface area is 145 Å². The lowest BCUT2D eigenvalue weighted by molar-refractivity contribution is -0.133. The molecule has 24 heavy (non-hydrogen) atoms. The first-order valence-electron chi connectivity index (χ1n) is 8.14. The van der Waals surface area contributed by atoms with Gasteiger partial charge in [0.2, 0.25) is 5.13 Å². The highest BCUT2D eigenvalue weighted by molar-refractivity contribution is 7.15. The first kappa shape index (κ1) is 17.0. The molecule has 1 fully saturated rings. The van der Waals surface area contributed by atoms with Crippen molar-refractivity contribution in [1.29, 1.82) is 0 Å². The van der Waals surface area contributed by atoms with Crippen molar-refractivity contribution in [1.82, 2.24) is 15.1 Å². The number of hydrogen-bond donors (Lipinski definition) is 1. The van der Waals surface area contributed by atoms with Crippen LogP contribution >= 0.6 is 11.3 Å². The van der Waals surface area contributed by atoms with Crippen molar-refractivity contribution in [3.63, 3.8) is 0 Å². The van der Waals surface area contributed by atoms with Crippen LogP contribution < -0.4 is 5.32 Å². The molecule has 2 aromatic rings. The van der Waals surface area contributed by atoms with Gasteiger partial charge in [-0.3, -0.25) is 15.0 Å². The quantitative estimate of drug-likeness (QED) is 0.901. The molecule has 1 aromatic carbocycles. The highest BCUT2D eigenvalue weighted by atomic mass is 32.1. The summed E-state index contributed by atoms with van der Waals surface area (Å²) < 4.78 is 5.64.